The van der Waals surface area contributed by atoms with Gasteiger partial charge in [-0.1, -0.05) is 26.8 Å². The Hall–Kier alpha value is -1.53. The number of fused-ring (bicyclic) bond motifs is 1. The highest BCUT2D eigenvalue weighted by atomic mass is 35.5. The lowest BCUT2D eigenvalue weighted by Gasteiger charge is -2.23. The fourth-order valence-electron chi connectivity index (χ4n) is 2.67. The van der Waals surface area contributed by atoms with Gasteiger partial charge >= 0.3 is 0 Å². The monoisotopic (exact) mass is 275 g/mol. The SMILES string of the molecule is CCC(C(C)C)n1c(CCl)nc2c(C#N)cccc21. The molecule has 0 spiro atoms. The molecule has 0 radical (unpaired) electrons. The van der Waals surface area contributed by atoms with Crippen LogP contribution in [-0.2, 0) is 5.88 Å². The summed E-state index contributed by atoms with van der Waals surface area (Å²) in [7, 11) is 0. The molecule has 0 amide bonds. The second kappa shape index (κ2) is 5.63. The average molecular weight is 276 g/mol. The molecule has 2 aromatic rings. The van der Waals surface area contributed by atoms with Crippen LogP contribution < -0.4 is 0 Å². The molecular formula is C15H18ClN3. The number of benzene rings is 1. The van der Waals surface area contributed by atoms with E-state index in [1.807, 2.05) is 12.1 Å². The van der Waals surface area contributed by atoms with Crippen molar-refractivity contribution < 1.29 is 0 Å². The van der Waals surface area contributed by atoms with E-state index < -0.39 is 0 Å². The average Bonchev–Trinajstić information content (AvgIpc) is 2.78. The molecule has 4 heteroatoms. The van der Waals surface area contributed by atoms with Gasteiger partial charge in [0.2, 0.25) is 0 Å². The van der Waals surface area contributed by atoms with Gasteiger partial charge < -0.3 is 4.57 Å². The number of nitrogens with zero attached hydrogens (tertiary/aromatic N) is 3. The minimum atomic E-state index is 0.354. The van der Waals surface area contributed by atoms with Gasteiger partial charge in [0.1, 0.15) is 17.4 Å². The first-order chi connectivity index (χ1) is 9.13. The molecule has 1 aromatic heterocycles. The molecule has 1 atom stereocenters. The zero-order chi connectivity index (χ0) is 14.0. The van der Waals surface area contributed by atoms with E-state index in [4.69, 9.17) is 11.6 Å². The molecule has 1 heterocycles. The zero-order valence-corrected chi connectivity index (χ0v) is 12.3. The van der Waals surface area contributed by atoms with Crippen LogP contribution in [0.5, 0.6) is 0 Å². The summed E-state index contributed by atoms with van der Waals surface area (Å²) in [6.45, 7) is 6.57. The lowest BCUT2D eigenvalue weighted by atomic mass is 10.0. The van der Waals surface area contributed by atoms with E-state index >= 15 is 0 Å². The summed E-state index contributed by atoms with van der Waals surface area (Å²) in [5.74, 6) is 1.71. The molecule has 0 fully saturated rings. The molecule has 100 valence electrons. The fourth-order valence-corrected chi connectivity index (χ4v) is 2.86. The van der Waals surface area contributed by atoms with Crippen molar-refractivity contribution in [3.8, 4) is 6.07 Å². The Balaban J connectivity index is 2.75. The van der Waals surface area contributed by atoms with Crippen molar-refractivity contribution in [3.05, 3.63) is 29.6 Å². The number of hydrogen-bond acceptors (Lipinski definition) is 2. The van der Waals surface area contributed by atoms with Gasteiger partial charge in [0.25, 0.3) is 0 Å². The summed E-state index contributed by atoms with van der Waals surface area (Å²) in [4.78, 5) is 4.56. The Bertz CT molecular complexity index is 622. The molecule has 0 aliphatic heterocycles. The van der Waals surface area contributed by atoms with Crippen molar-refractivity contribution in [2.24, 2.45) is 5.92 Å². The predicted octanol–water partition coefficient (Wildman–Crippen LogP) is 4.25. The van der Waals surface area contributed by atoms with Crippen LogP contribution >= 0.6 is 11.6 Å². The fraction of sp³-hybridized carbons (Fsp3) is 0.467. The predicted molar refractivity (Wildman–Crippen MR) is 78.2 cm³/mol. The summed E-state index contributed by atoms with van der Waals surface area (Å²) in [6, 6.07) is 8.28. The van der Waals surface area contributed by atoms with Crippen LogP contribution in [0.2, 0.25) is 0 Å². The van der Waals surface area contributed by atoms with Crippen LogP contribution in [0.3, 0.4) is 0 Å². The number of imidazole rings is 1. The molecule has 0 saturated carbocycles. The van der Waals surface area contributed by atoms with E-state index in [9.17, 15) is 5.26 Å². The Morgan fingerprint density at radius 2 is 2.16 bits per heavy atom. The molecule has 0 bridgehead atoms. The highest BCUT2D eigenvalue weighted by Gasteiger charge is 2.21. The molecule has 1 aromatic carbocycles. The lowest BCUT2D eigenvalue weighted by Crippen LogP contribution is -2.16. The molecule has 0 aliphatic rings. The molecule has 0 N–H and O–H groups in total. The maximum atomic E-state index is 9.18. The van der Waals surface area contributed by atoms with Crippen molar-refractivity contribution in [3.63, 3.8) is 0 Å². The van der Waals surface area contributed by atoms with Crippen LogP contribution in [0.15, 0.2) is 18.2 Å². The number of nitriles is 1. The number of halogens is 1. The summed E-state index contributed by atoms with van der Waals surface area (Å²) in [6.07, 6.45) is 1.02. The molecule has 2 rings (SSSR count). The first kappa shape index (κ1) is 13.9. The van der Waals surface area contributed by atoms with Gasteiger partial charge in [0.05, 0.1) is 17.0 Å². The molecule has 0 aliphatic carbocycles. The summed E-state index contributed by atoms with van der Waals surface area (Å²) >= 11 is 6.04. The first-order valence-electron chi connectivity index (χ1n) is 6.59. The standard InChI is InChI=1S/C15H18ClN3/c1-4-12(10(2)3)19-13-7-5-6-11(9-17)15(13)18-14(19)8-16/h5-7,10,12H,4,8H2,1-3H3. The Labute approximate surface area is 118 Å². The molecule has 1 unspecified atom stereocenters. The van der Waals surface area contributed by atoms with Crippen LogP contribution in [0, 0.1) is 17.2 Å². The van der Waals surface area contributed by atoms with Gasteiger partial charge in [0, 0.05) is 6.04 Å². The number of hydrogen-bond donors (Lipinski definition) is 0. The van der Waals surface area contributed by atoms with Gasteiger partial charge in [0.15, 0.2) is 0 Å². The van der Waals surface area contributed by atoms with Gasteiger partial charge in [-0.05, 0) is 24.5 Å². The van der Waals surface area contributed by atoms with E-state index in [0.29, 0.717) is 23.4 Å². The smallest absolute Gasteiger partial charge is 0.125 e. The maximum Gasteiger partial charge on any atom is 0.125 e. The minimum absolute atomic E-state index is 0.354. The highest BCUT2D eigenvalue weighted by Crippen LogP contribution is 2.30. The summed E-state index contributed by atoms with van der Waals surface area (Å²) in [5.41, 5.74) is 2.39. The minimum Gasteiger partial charge on any atom is -0.324 e. The van der Waals surface area contributed by atoms with E-state index in [1.165, 1.54) is 0 Å². The van der Waals surface area contributed by atoms with E-state index in [1.54, 1.807) is 6.07 Å². The van der Waals surface area contributed by atoms with E-state index in [-0.39, 0.29) is 0 Å². The van der Waals surface area contributed by atoms with Crippen LogP contribution in [0.4, 0.5) is 0 Å². The third kappa shape index (κ3) is 2.33. The highest BCUT2D eigenvalue weighted by molar-refractivity contribution is 6.16. The number of aromatic nitrogens is 2. The number of rotatable bonds is 4. The normalized spacial score (nSPS) is 12.8. The van der Waals surface area contributed by atoms with Crippen molar-refractivity contribution >= 4 is 22.6 Å². The second-order valence-corrected chi connectivity index (χ2v) is 5.30. The summed E-state index contributed by atoms with van der Waals surface area (Å²) < 4.78 is 2.20. The zero-order valence-electron chi connectivity index (χ0n) is 11.5. The largest absolute Gasteiger partial charge is 0.324 e. The third-order valence-corrected chi connectivity index (χ3v) is 3.79. The second-order valence-electron chi connectivity index (χ2n) is 5.04. The first-order valence-corrected chi connectivity index (χ1v) is 7.13. The van der Waals surface area contributed by atoms with Crippen molar-refractivity contribution in [2.45, 2.75) is 39.1 Å². The maximum absolute atomic E-state index is 9.18. The van der Waals surface area contributed by atoms with Crippen LogP contribution in [0.25, 0.3) is 11.0 Å². The quantitative estimate of drug-likeness (QED) is 0.783. The van der Waals surface area contributed by atoms with Gasteiger partial charge in [-0.2, -0.15) is 5.26 Å². The van der Waals surface area contributed by atoms with Crippen molar-refractivity contribution in [2.75, 3.05) is 0 Å². The Morgan fingerprint density at radius 3 is 2.68 bits per heavy atom. The molecule has 19 heavy (non-hydrogen) atoms. The van der Waals surface area contributed by atoms with Crippen LogP contribution in [0.1, 0.15) is 44.6 Å². The van der Waals surface area contributed by atoms with Gasteiger partial charge in [-0.25, -0.2) is 4.98 Å². The summed E-state index contributed by atoms with van der Waals surface area (Å²) in [5, 5.41) is 9.18. The number of alkyl halides is 1. The third-order valence-electron chi connectivity index (χ3n) is 3.55. The van der Waals surface area contributed by atoms with E-state index in [0.717, 1.165) is 23.3 Å². The van der Waals surface area contributed by atoms with Crippen molar-refractivity contribution in [1.82, 2.24) is 9.55 Å². The Kier molecular flexibility index (Phi) is 4.11. The molecule has 0 saturated heterocycles. The van der Waals surface area contributed by atoms with Gasteiger partial charge in [-0.3, -0.25) is 0 Å². The lowest BCUT2D eigenvalue weighted by molar-refractivity contribution is 0.367. The van der Waals surface area contributed by atoms with Crippen LogP contribution in [-0.4, -0.2) is 9.55 Å². The topological polar surface area (TPSA) is 41.6 Å². The van der Waals surface area contributed by atoms with Gasteiger partial charge in [-0.15, -0.1) is 11.6 Å². The van der Waals surface area contributed by atoms with Crippen molar-refractivity contribution in [1.29, 1.82) is 5.26 Å². The molecular weight excluding hydrogens is 258 g/mol. The van der Waals surface area contributed by atoms with E-state index in [2.05, 4.69) is 36.4 Å². The molecule has 3 nitrogen and oxygen atoms in total. The Morgan fingerprint density at radius 1 is 1.42 bits per heavy atom. The number of para-hydroxylation sites is 1.